The summed E-state index contributed by atoms with van der Waals surface area (Å²) in [7, 11) is 0. The zero-order valence-electron chi connectivity index (χ0n) is 9.66. The number of nitrogens with one attached hydrogen (secondary N) is 1. The van der Waals surface area contributed by atoms with Crippen LogP contribution in [-0.4, -0.2) is 19.7 Å². The zero-order valence-corrected chi connectivity index (χ0v) is 9.66. The third-order valence-electron chi connectivity index (χ3n) is 3.05. The monoisotopic (exact) mass is 241 g/mol. The minimum atomic E-state index is -2.75. The molecular formula is C13H17F2NO. The Morgan fingerprint density at radius 2 is 2.29 bits per heavy atom. The number of hydrogen-bond acceptors (Lipinski definition) is 2. The molecule has 0 aromatic heterocycles. The molecule has 1 saturated heterocycles. The lowest BCUT2D eigenvalue weighted by Gasteiger charge is -2.22. The van der Waals surface area contributed by atoms with Crippen molar-refractivity contribution in [2.45, 2.75) is 25.9 Å². The van der Waals surface area contributed by atoms with E-state index >= 15 is 0 Å². The highest BCUT2D eigenvalue weighted by Gasteiger charge is 2.14. The summed E-state index contributed by atoms with van der Waals surface area (Å²) < 4.78 is 28.6. The molecule has 1 aliphatic rings. The zero-order chi connectivity index (χ0) is 12.1. The number of rotatable bonds is 4. The first-order valence-electron chi connectivity index (χ1n) is 5.98. The topological polar surface area (TPSA) is 21.3 Å². The average Bonchev–Trinajstić information content (AvgIpc) is 2.30. The van der Waals surface area contributed by atoms with E-state index in [2.05, 4.69) is 10.1 Å². The normalized spacial score (nSPS) is 20.5. The van der Waals surface area contributed by atoms with Crippen LogP contribution >= 0.6 is 0 Å². The van der Waals surface area contributed by atoms with Gasteiger partial charge in [-0.3, -0.25) is 0 Å². The van der Waals surface area contributed by atoms with Crippen LogP contribution in [0.15, 0.2) is 24.3 Å². The van der Waals surface area contributed by atoms with Crippen LogP contribution in [0, 0.1) is 5.92 Å². The van der Waals surface area contributed by atoms with Crippen molar-refractivity contribution >= 4 is 0 Å². The Hall–Kier alpha value is -1.16. The van der Waals surface area contributed by atoms with Gasteiger partial charge in [-0.05, 0) is 56.0 Å². The molecule has 94 valence electrons. The van der Waals surface area contributed by atoms with E-state index in [9.17, 15) is 8.78 Å². The number of halogens is 2. The van der Waals surface area contributed by atoms with E-state index in [0.29, 0.717) is 5.92 Å². The summed E-state index contributed by atoms with van der Waals surface area (Å²) in [6, 6.07) is 7.01. The fourth-order valence-corrected chi connectivity index (χ4v) is 2.28. The minimum Gasteiger partial charge on any atom is -0.435 e. The van der Waals surface area contributed by atoms with Gasteiger partial charge in [-0.2, -0.15) is 8.78 Å². The van der Waals surface area contributed by atoms with Gasteiger partial charge in [-0.1, -0.05) is 12.1 Å². The van der Waals surface area contributed by atoms with Gasteiger partial charge in [0.05, 0.1) is 0 Å². The Balaban J connectivity index is 1.95. The van der Waals surface area contributed by atoms with Gasteiger partial charge in [0.25, 0.3) is 0 Å². The molecule has 0 aliphatic carbocycles. The lowest BCUT2D eigenvalue weighted by Crippen LogP contribution is -2.30. The summed E-state index contributed by atoms with van der Waals surface area (Å²) in [5, 5.41) is 3.35. The molecule has 2 rings (SSSR count). The molecule has 17 heavy (non-hydrogen) atoms. The fraction of sp³-hybridized carbons (Fsp3) is 0.538. The van der Waals surface area contributed by atoms with Gasteiger partial charge in [0.2, 0.25) is 0 Å². The fourth-order valence-electron chi connectivity index (χ4n) is 2.28. The summed E-state index contributed by atoms with van der Waals surface area (Å²) in [6.45, 7) is -0.646. The van der Waals surface area contributed by atoms with E-state index in [4.69, 9.17) is 0 Å². The standard InChI is InChI=1S/C13H17F2NO/c14-13(15)17-12-5-1-3-10(8-12)7-11-4-2-6-16-9-11/h1,3,5,8,11,13,16H,2,4,6-7,9H2. The third-order valence-corrected chi connectivity index (χ3v) is 3.05. The van der Waals surface area contributed by atoms with Crippen molar-refractivity contribution in [1.82, 2.24) is 5.32 Å². The third kappa shape index (κ3) is 3.97. The van der Waals surface area contributed by atoms with E-state index in [1.54, 1.807) is 18.2 Å². The van der Waals surface area contributed by atoms with E-state index < -0.39 is 6.61 Å². The Kier molecular flexibility index (Phi) is 4.31. The Labute approximate surface area is 100.0 Å². The molecule has 0 amide bonds. The second kappa shape index (κ2) is 5.96. The molecule has 0 radical (unpaired) electrons. The molecule has 1 fully saturated rings. The van der Waals surface area contributed by atoms with Crippen LogP contribution in [0.1, 0.15) is 18.4 Å². The average molecular weight is 241 g/mol. The second-order valence-corrected chi connectivity index (χ2v) is 4.44. The van der Waals surface area contributed by atoms with E-state index in [1.807, 2.05) is 6.07 Å². The number of alkyl halides is 2. The van der Waals surface area contributed by atoms with Crippen molar-refractivity contribution in [3.05, 3.63) is 29.8 Å². The van der Waals surface area contributed by atoms with Crippen LogP contribution in [0.5, 0.6) is 5.75 Å². The smallest absolute Gasteiger partial charge is 0.387 e. The summed E-state index contributed by atoms with van der Waals surface area (Å²) in [5.41, 5.74) is 1.07. The SMILES string of the molecule is FC(F)Oc1cccc(CC2CCCNC2)c1. The second-order valence-electron chi connectivity index (χ2n) is 4.44. The minimum absolute atomic E-state index is 0.251. The van der Waals surface area contributed by atoms with Crippen molar-refractivity contribution in [2.75, 3.05) is 13.1 Å². The van der Waals surface area contributed by atoms with Crippen LogP contribution in [-0.2, 0) is 6.42 Å². The maximum atomic E-state index is 12.1. The number of benzene rings is 1. The van der Waals surface area contributed by atoms with Crippen LogP contribution in [0.2, 0.25) is 0 Å². The van der Waals surface area contributed by atoms with Gasteiger partial charge >= 0.3 is 6.61 Å². The molecule has 0 saturated carbocycles. The Bertz CT molecular complexity index is 351. The van der Waals surface area contributed by atoms with Crippen LogP contribution < -0.4 is 10.1 Å². The molecule has 4 heteroatoms. The lowest BCUT2D eigenvalue weighted by molar-refractivity contribution is -0.0498. The van der Waals surface area contributed by atoms with Gasteiger partial charge in [0.1, 0.15) is 5.75 Å². The predicted octanol–water partition coefficient (Wildman–Crippen LogP) is 2.83. The number of ether oxygens (including phenoxy) is 1. The van der Waals surface area contributed by atoms with Gasteiger partial charge in [-0.15, -0.1) is 0 Å². The summed E-state index contributed by atoms with van der Waals surface area (Å²) >= 11 is 0. The highest BCUT2D eigenvalue weighted by Crippen LogP contribution is 2.21. The van der Waals surface area contributed by atoms with Crippen molar-refractivity contribution in [1.29, 1.82) is 0 Å². The molecule has 0 spiro atoms. The van der Waals surface area contributed by atoms with Crippen LogP contribution in [0.25, 0.3) is 0 Å². The van der Waals surface area contributed by atoms with Crippen molar-refractivity contribution in [2.24, 2.45) is 5.92 Å². The molecule has 1 unspecified atom stereocenters. The Morgan fingerprint density at radius 1 is 1.41 bits per heavy atom. The van der Waals surface area contributed by atoms with Crippen molar-refractivity contribution in [3.8, 4) is 5.75 Å². The molecule has 1 aliphatic heterocycles. The number of hydrogen-bond donors (Lipinski definition) is 1. The maximum Gasteiger partial charge on any atom is 0.387 e. The highest BCUT2D eigenvalue weighted by atomic mass is 19.3. The molecule has 2 nitrogen and oxygen atoms in total. The molecular weight excluding hydrogens is 224 g/mol. The molecule has 1 heterocycles. The summed E-state index contributed by atoms with van der Waals surface area (Å²) in [6.07, 6.45) is 3.32. The van der Waals surface area contributed by atoms with Crippen molar-refractivity contribution in [3.63, 3.8) is 0 Å². The molecule has 0 bridgehead atoms. The summed E-state index contributed by atoms with van der Waals surface area (Å²) in [4.78, 5) is 0. The lowest BCUT2D eigenvalue weighted by atomic mass is 9.92. The van der Waals surface area contributed by atoms with E-state index in [-0.39, 0.29) is 5.75 Å². The highest BCUT2D eigenvalue weighted by molar-refractivity contribution is 5.28. The van der Waals surface area contributed by atoms with Crippen molar-refractivity contribution < 1.29 is 13.5 Å². The maximum absolute atomic E-state index is 12.1. The van der Waals surface area contributed by atoms with E-state index in [1.165, 1.54) is 12.8 Å². The first kappa shape index (κ1) is 12.3. The Morgan fingerprint density at radius 3 is 3.00 bits per heavy atom. The van der Waals surface area contributed by atoms with Gasteiger partial charge in [0, 0.05) is 0 Å². The van der Waals surface area contributed by atoms with Gasteiger partial charge < -0.3 is 10.1 Å². The molecule has 1 aromatic rings. The summed E-state index contributed by atoms with van der Waals surface area (Å²) in [5.74, 6) is 0.854. The van der Waals surface area contributed by atoms with E-state index in [0.717, 1.165) is 25.1 Å². The largest absolute Gasteiger partial charge is 0.435 e. The molecule has 1 N–H and O–H groups in total. The first-order chi connectivity index (χ1) is 8.24. The molecule has 1 aromatic carbocycles. The predicted molar refractivity (Wildman–Crippen MR) is 62.4 cm³/mol. The quantitative estimate of drug-likeness (QED) is 0.875. The van der Waals surface area contributed by atoms with Gasteiger partial charge in [-0.25, -0.2) is 0 Å². The van der Waals surface area contributed by atoms with Crippen LogP contribution in [0.4, 0.5) is 8.78 Å². The van der Waals surface area contributed by atoms with Crippen LogP contribution in [0.3, 0.4) is 0 Å². The molecule has 1 atom stereocenters. The number of piperidine rings is 1. The first-order valence-corrected chi connectivity index (χ1v) is 5.98. The van der Waals surface area contributed by atoms with Gasteiger partial charge in [0.15, 0.2) is 0 Å².